The van der Waals surface area contributed by atoms with Crippen molar-refractivity contribution >= 4 is 41.2 Å². The van der Waals surface area contributed by atoms with Crippen LogP contribution in [0.4, 0.5) is 0 Å². The normalized spacial score (nSPS) is 24.8. The van der Waals surface area contributed by atoms with Crippen LogP contribution in [0.2, 0.25) is 0 Å². The first-order chi connectivity index (χ1) is 10.1. The van der Waals surface area contributed by atoms with E-state index >= 15 is 0 Å². The van der Waals surface area contributed by atoms with Crippen molar-refractivity contribution in [3.63, 3.8) is 0 Å². The fraction of sp³-hybridized carbons (Fsp3) is 0.867. The van der Waals surface area contributed by atoms with Crippen molar-refractivity contribution in [1.82, 2.24) is 4.90 Å². The highest BCUT2D eigenvalue weighted by Gasteiger charge is 2.48. The molecule has 0 aliphatic carbocycles. The van der Waals surface area contributed by atoms with Crippen molar-refractivity contribution in [1.29, 1.82) is 5.26 Å². The van der Waals surface area contributed by atoms with Crippen LogP contribution in [0.25, 0.3) is 0 Å². The van der Waals surface area contributed by atoms with E-state index in [1.54, 1.807) is 25.9 Å². The topological polar surface area (TPSA) is 44.1 Å². The van der Waals surface area contributed by atoms with E-state index in [1.807, 2.05) is 11.8 Å². The molecule has 2 atom stereocenters. The van der Waals surface area contributed by atoms with Crippen LogP contribution in [0.3, 0.4) is 0 Å². The van der Waals surface area contributed by atoms with Crippen molar-refractivity contribution in [3.8, 4) is 6.07 Å². The highest BCUT2D eigenvalue weighted by molar-refractivity contribution is 8.29. The van der Waals surface area contributed by atoms with Gasteiger partial charge in [-0.15, -0.1) is 35.3 Å². The lowest BCUT2D eigenvalue weighted by atomic mass is 10.1. The maximum Gasteiger partial charge on any atom is 0.263 e. The summed E-state index contributed by atoms with van der Waals surface area (Å²) >= 11 is 4.95. The minimum Gasteiger partial charge on any atom is -0.346 e. The number of nitriles is 1. The third-order valence-electron chi connectivity index (χ3n) is 3.36. The van der Waals surface area contributed by atoms with Gasteiger partial charge in [-0.1, -0.05) is 39.0 Å². The number of amides is 1. The zero-order valence-corrected chi connectivity index (χ0v) is 15.7. The van der Waals surface area contributed by atoms with Crippen molar-refractivity contribution in [3.05, 3.63) is 0 Å². The first kappa shape index (κ1) is 19.1. The lowest BCUT2D eigenvalue weighted by molar-refractivity contribution is -0.127. The van der Waals surface area contributed by atoms with Gasteiger partial charge in [-0.25, -0.2) is 0 Å². The number of carbonyl (C=O) groups excluding carboxylic acids is 1. The van der Waals surface area contributed by atoms with Crippen LogP contribution < -0.4 is 0 Å². The molecule has 1 fully saturated rings. The molecule has 1 aliphatic rings. The second-order valence-corrected chi connectivity index (χ2v) is 9.94. The molecule has 0 spiro atoms. The Bertz CT molecular complexity index is 370. The molecule has 0 saturated carbocycles. The molecule has 0 bridgehead atoms. The van der Waals surface area contributed by atoms with Crippen molar-refractivity contribution in [2.75, 3.05) is 25.6 Å². The van der Waals surface area contributed by atoms with Gasteiger partial charge in [0, 0.05) is 19.8 Å². The second kappa shape index (κ2) is 9.91. The van der Waals surface area contributed by atoms with Gasteiger partial charge in [0.05, 0.1) is 4.58 Å². The summed E-state index contributed by atoms with van der Waals surface area (Å²) in [6, 6.07) is 2.23. The number of hydrogen-bond acceptors (Lipinski definition) is 5. The van der Waals surface area contributed by atoms with E-state index in [0.29, 0.717) is 4.58 Å². The fourth-order valence-electron chi connectivity index (χ4n) is 2.13. The molecule has 1 amide bonds. The highest BCUT2D eigenvalue weighted by atomic mass is 32.2. The van der Waals surface area contributed by atoms with Gasteiger partial charge in [-0.05, 0) is 12.2 Å². The zero-order chi connectivity index (χ0) is 15.7. The average molecular weight is 347 g/mol. The molecule has 21 heavy (non-hydrogen) atoms. The van der Waals surface area contributed by atoms with E-state index in [2.05, 4.69) is 13.0 Å². The Morgan fingerprint density at radius 3 is 2.62 bits per heavy atom. The van der Waals surface area contributed by atoms with Crippen LogP contribution in [0.1, 0.15) is 45.4 Å². The van der Waals surface area contributed by atoms with Crippen LogP contribution in [0, 0.1) is 11.3 Å². The lowest BCUT2D eigenvalue weighted by Gasteiger charge is -2.22. The molecule has 2 unspecified atom stereocenters. The van der Waals surface area contributed by atoms with E-state index in [4.69, 9.17) is 0 Å². The van der Waals surface area contributed by atoms with E-state index < -0.39 is 4.08 Å². The number of unbranched alkanes of at least 4 members (excludes halogenated alkanes) is 5. The fourth-order valence-corrected chi connectivity index (χ4v) is 7.28. The van der Waals surface area contributed by atoms with E-state index in [-0.39, 0.29) is 5.91 Å². The highest BCUT2D eigenvalue weighted by Crippen LogP contribution is 2.52. The monoisotopic (exact) mass is 346 g/mol. The standard InChI is InChI=1S/C15H26N2OS3/c1-4-5-6-7-8-9-10-19-13-11-20-15(12-16,21-13)14(18)17(2)3/h13H,4-11H2,1-3H3. The number of nitrogens with zero attached hydrogens (tertiary/aromatic N) is 2. The molecule has 1 saturated heterocycles. The summed E-state index contributed by atoms with van der Waals surface area (Å²) in [7, 11) is 3.44. The molecule has 6 heteroatoms. The summed E-state index contributed by atoms with van der Waals surface area (Å²) in [5.41, 5.74) is 0. The van der Waals surface area contributed by atoms with Gasteiger partial charge in [-0.3, -0.25) is 4.79 Å². The van der Waals surface area contributed by atoms with Gasteiger partial charge in [0.25, 0.3) is 5.91 Å². The van der Waals surface area contributed by atoms with Gasteiger partial charge in [0.2, 0.25) is 4.08 Å². The summed E-state index contributed by atoms with van der Waals surface area (Å²) in [5.74, 6) is 1.95. The molecular weight excluding hydrogens is 320 g/mol. The maximum atomic E-state index is 12.2. The van der Waals surface area contributed by atoms with E-state index in [9.17, 15) is 10.1 Å². The van der Waals surface area contributed by atoms with Crippen molar-refractivity contribution in [2.45, 2.75) is 54.1 Å². The van der Waals surface area contributed by atoms with Crippen LogP contribution in [-0.4, -0.2) is 45.1 Å². The summed E-state index contributed by atoms with van der Waals surface area (Å²) in [6.07, 6.45) is 7.88. The summed E-state index contributed by atoms with van der Waals surface area (Å²) in [6.45, 7) is 2.24. The Labute approximate surface area is 142 Å². The van der Waals surface area contributed by atoms with E-state index in [0.717, 1.165) is 11.5 Å². The molecule has 0 N–H and O–H groups in total. The predicted octanol–water partition coefficient (Wildman–Crippen LogP) is 4.19. The third kappa shape index (κ3) is 5.96. The Hall–Kier alpha value is 0.01000. The first-order valence-corrected chi connectivity index (χ1v) is 10.5. The molecule has 0 radical (unpaired) electrons. The Kier molecular flexibility index (Phi) is 9.00. The maximum absolute atomic E-state index is 12.2. The van der Waals surface area contributed by atoms with Crippen LogP contribution in [0.5, 0.6) is 0 Å². The molecule has 1 rings (SSSR count). The predicted molar refractivity (Wildman–Crippen MR) is 96.7 cm³/mol. The quantitative estimate of drug-likeness (QED) is 0.586. The van der Waals surface area contributed by atoms with Crippen LogP contribution in [-0.2, 0) is 4.79 Å². The van der Waals surface area contributed by atoms with Crippen LogP contribution >= 0.6 is 35.3 Å². The van der Waals surface area contributed by atoms with Gasteiger partial charge in [-0.2, -0.15) is 5.26 Å². The molecule has 0 aromatic carbocycles. The Balaban J connectivity index is 2.25. The van der Waals surface area contributed by atoms with Crippen LogP contribution in [0.15, 0.2) is 0 Å². The number of thioether (sulfide) groups is 3. The minimum absolute atomic E-state index is 0.0809. The summed E-state index contributed by atoms with van der Waals surface area (Å²) < 4.78 is -0.545. The number of carbonyl (C=O) groups is 1. The Morgan fingerprint density at radius 1 is 1.33 bits per heavy atom. The van der Waals surface area contributed by atoms with Gasteiger partial charge >= 0.3 is 0 Å². The largest absolute Gasteiger partial charge is 0.346 e. The smallest absolute Gasteiger partial charge is 0.263 e. The average Bonchev–Trinajstić information content (AvgIpc) is 2.90. The SMILES string of the molecule is CCCCCCCCSC1CSC(C#N)(C(=O)N(C)C)S1. The van der Waals surface area contributed by atoms with Crippen molar-refractivity contribution in [2.24, 2.45) is 0 Å². The Morgan fingerprint density at radius 2 is 2.00 bits per heavy atom. The van der Waals surface area contributed by atoms with Gasteiger partial charge < -0.3 is 4.90 Å². The summed E-state index contributed by atoms with van der Waals surface area (Å²) in [4.78, 5) is 13.7. The molecule has 0 aromatic rings. The first-order valence-electron chi connectivity index (χ1n) is 7.62. The lowest BCUT2D eigenvalue weighted by Crippen LogP contribution is -2.38. The number of rotatable bonds is 9. The molecular formula is C15H26N2OS3. The second-order valence-electron chi connectivity index (χ2n) is 5.42. The summed E-state index contributed by atoms with van der Waals surface area (Å²) in [5, 5.41) is 9.40. The molecule has 1 heterocycles. The van der Waals surface area contributed by atoms with Crippen molar-refractivity contribution < 1.29 is 4.79 Å². The number of hydrogen-bond donors (Lipinski definition) is 0. The van der Waals surface area contributed by atoms with E-state index in [1.165, 1.54) is 55.2 Å². The molecule has 3 nitrogen and oxygen atoms in total. The molecule has 120 valence electrons. The third-order valence-corrected chi connectivity index (χ3v) is 8.38. The zero-order valence-electron chi connectivity index (χ0n) is 13.3. The van der Waals surface area contributed by atoms with Gasteiger partial charge in [0.1, 0.15) is 6.07 Å². The molecule has 0 aromatic heterocycles. The van der Waals surface area contributed by atoms with Gasteiger partial charge in [0.15, 0.2) is 0 Å². The molecule has 1 aliphatic heterocycles. The minimum atomic E-state index is -0.914.